The van der Waals surface area contributed by atoms with Gasteiger partial charge in [-0.2, -0.15) is 0 Å². The van der Waals surface area contributed by atoms with Crippen molar-refractivity contribution >= 4 is 27.5 Å². The van der Waals surface area contributed by atoms with Crippen LogP contribution in [0, 0.1) is 0 Å². The van der Waals surface area contributed by atoms with Crippen molar-refractivity contribution in [2.75, 3.05) is 13.1 Å². The molecule has 1 aromatic carbocycles. The lowest BCUT2D eigenvalue weighted by Crippen LogP contribution is -2.48. The van der Waals surface area contributed by atoms with E-state index in [0.29, 0.717) is 12.1 Å². The first kappa shape index (κ1) is 11.4. The molecule has 0 aromatic heterocycles. The van der Waals surface area contributed by atoms with Gasteiger partial charge in [0.05, 0.1) is 0 Å². The maximum absolute atomic E-state index is 6.02. The number of hydrogen-bond donors (Lipinski definition) is 2. The van der Waals surface area contributed by atoms with Gasteiger partial charge in [0.15, 0.2) is 0 Å². The van der Waals surface area contributed by atoms with Crippen LogP contribution in [0.25, 0.3) is 0 Å². The molecule has 82 valence electrons. The molecular formula is C11H14BrClN2. The molecule has 0 radical (unpaired) electrons. The van der Waals surface area contributed by atoms with Crippen LogP contribution < -0.4 is 10.6 Å². The molecule has 2 rings (SSSR count). The minimum Gasteiger partial charge on any atom is -0.311 e. The molecule has 1 heterocycles. The Morgan fingerprint density at radius 3 is 2.67 bits per heavy atom. The lowest BCUT2D eigenvalue weighted by atomic mass is 10.0. The summed E-state index contributed by atoms with van der Waals surface area (Å²) in [5.41, 5.74) is 1.23. The van der Waals surface area contributed by atoms with Crippen molar-refractivity contribution in [2.45, 2.75) is 19.0 Å². The lowest BCUT2D eigenvalue weighted by Gasteiger charge is -2.29. The second-order valence-electron chi connectivity index (χ2n) is 3.97. The molecule has 0 spiro atoms. The first-order valence-electron chi connectivity index (χ1n) is 5.08. The lowest BCUT2D eigenvalue weighted by molar-refractivity contribution is 0.366. The maximum Gasteiger partial charge on any atom is 0.0448 e. The van der Waals surface area contributed by atoms with Crippen LogP contribution in [0.4, 0.5) is 0 Å². The molecule has 1 aromatic rings. The van der Waals surface area contributed by atoms with Crippen LogP contribution in [0.2, 0.25) is 5.02 Å². The molecule has 0 unspecified atom stereocenters. The van der Waals surface area contributed by atoms with Crippen molar-refractivity contribution in [1.29, 1.82) is 0 Å². The van der Waals surface area contributed by atoms with Crippen molar-refractivity contribution in [3.8, 4) is 0 Å². The summed E-state index contributed by atoms with van der Waals surface area (Å²) < 4.78 is 1.03. The van der Waals surface area contributed by atoms with Crippen molar-refractivity contribution in [1.82, 2.24) is 10.6 Å². The fourth-order valence-electron chi connectivity index (χ4n) is 1.79. The van der Waals surface area contributed by atoms with Gasteiger partial charge in [0.2, 0.25) is 0 Å². The zero-order valence-electron chi connectivity index (χ0n) is 8.56. The first-order chi connectivity index (χ1) is 7.15. The van der Waals surface area contributed by atoms with E-state index in [1.807, 2.05) is 12.1 Å². The normalized spacial score (nSPS) is 26.6. The highest BCUT2D eigenvalue weighted by atomic mass is 79.9. The molecule has 2 atom stereocenters. The number of benzene rings is 1. The smallest absolute Gasteiger partial charge is 0.0448 e. The third-order valence-corrected chi connectivity index (χ3v) is 3.30. The van der Waals surface area contributed by atoms with Crippen molar-refractivity contribution in [3.63, 3.8) is 0 Å². The van der Waals surface area contributed by atoms with E-state index in [2.05, 4.69) is 39.6 Å². The van der Waals surface area contributed by atoms with Gasteiger partial charge in [-0.1, -0.05) is 27.5 Å². The molecule has 0 amide bonds. The Hall–Kier alpha value is -0.0900. The number of piperazine rings is 1. The molecule has 1 fully saturated rings. The van der Waals surface area contributed by atoms with Gasteiger partial charge in [0.25, 0.3) is 0 Å². The van der Waals surface area contributed by atoms with Gasteiger partial charge in [-0.25, -0.2) is 0 Å². The van der Waals surface area contributed by atoms with Crippen LogP contribution in [0.3, 0.4) is 0 Å². The first-order valence-corrected chi connectivity index (χ1v) is 6.25. The summed E-state index contributed by atoms with van der Waals surface area (Å²) in [5, 5.41) is 7.72. The monoisotopic (exact) mass is 288 g/mol. The van der Waals surface area contributed by atoms with E-state index in [-0.39, 0.29) is 0 Å². The molecule has 1 saturated heterocycles. The fourth-order valence-corrected chi connectivity index (χ4v) is 2.68. The fraction of sp³-hybridized carbons (Fsp3) is 0.455. The van der Waals surface area contributed by atoms with Crippen LogP contribution in [0.15, 0.2) is 22.7 Å². The number of hydrogen-bond acceptors (Lipinski definition) is 2. The maximum atomic E-state index is 6.02. The van der Waals surface area contributed by atoms with E-state index in [1.54, 1.807) is 0 Å². The summed E-state index contributed by atoms with van der Waals surface area (Å²) in [6.07, 6.45) is 0. The van der Waals surface area contributed by atoms with E-state index >= 15 is 0 Å². The predicted octanol–water partition coefficient (Wildman–Crippen LogP) is 2.72. The zero-order valence-corrected chi connectivity index (χ0v) is 10.9. The summed E-state index contributed by atoms with van der Waals surface area (Å²) in [7, 11) is 0. The van der Waals surface area contributed by atoms with Crippen molar-refractivity contribution in [2.24, 2.45) is 0 Å². The summed E-state index contributed by atoms with van der Waals surface area (Å²) in [5.74, 6) is 0. The van der Waals surface area contributed by atoms with Gasteiger partial charge in [0.1, 0.15) is 0 Å². The third-order valence-electron chi connectivity index (χ3n) is 2.63. The summed E-state index contributed by atoms with van der Waals surface area (Å²) >= 11 is 9.48. The Balaban J connectivity index is 2.15. The minimum atomic E-state index is 0.358. The Morgan fingerprint density at radius 2 is 2.07 bits per heavy atom. The van der Waals surface area contributed by atoms with E-state index in [1.165, 1.54) is 5.56 Å². The van der Waals surface area contributed by atoms with E-state index in [0.717, 1.165) is 22.6 Å². The Bertz CT molecular complexity index is 328. The van der Waals surface area contributed by atoms with Crippen molar-refractivity contribution in [3.05, 3.63) is 33.3 Å². The molecule has 2 nitrogen and oxygen atoms in total. The quantitative estimate of drug-likeness (QED) is 0.831. The second kappa shape index (κ2) is 4.83. The average molecular weight is 290 g/mol. The van der Waals surface area contributed by atoms with Crippen LogP contribution in [-0.4, -0.2) is 19.1 Å². The molecule has 1 aliphatic heterocycles. The van der Waals surface area contributed by atoms with Gasteiger partial charge in [-0.05, 0) is 30.7 Å². The van der Waals surface area contributed by atoms with Gasteiger partial charge >= 0.3 is 0 Å². The highest BCUT2D eigenvalue weighted by Gasteiger charge is 2.18. The number of rotatable bonds is 1. The Kier molecular flexibility index (Phi) is 3.67. The molecule has 0 saturated carbocycles. The topological polar surface area (TPSA) is 24.1 Å². The van der Waals surface area contributed by atoms with Crippen LogP contribution >= 0.6 is 27.5 Å². The van der Waals surface area contributed by atoms with E-state index in [4.69, 9.17) is 11.6 Å². The highest BCUT2D eigenvalue weighted by Crippen LogP contribution is 2.24. The zero-order chi connectivity index (χ0) is 10.8. The minimum absolute atomic E-state index is 0.358. The number of nitrogens with one attached hydrogen (secondary N) is 2. The van der Waals surface area contributed by atoms with E-state index < -0.39 is 0 Å². The third kappa shape index (κ3) is 2.94. The van der Waals surface area contributed by atoms with Crippen molar-refractivity contribution < 1.29 is 0 Å². The molecule has 2 N–H and O–H groups in total. The summed E-state index contributed by atoms with van der Waals surface area (Å²) in [6.45, 7) is 4.12. The van der Waals surface area contributed by atoms with Crippen LogP contribution in [0.1, 0.15) is 18.5 Å². The summed E-state index contributed by atoms with van der Waals surface area (Å²) in [4.78, 5) is 0. The van der Waals surface area contributed by atoms with E-state index in [9.17, 15) is 0 Å². The van der Waals surface area contributed by atoms with Gasteiger partial charge in [-0.3, -0.25) is 0 Å². The standard InChI is InChI=1S/C11H14BrClN2/c1-7-5-15-11(6-14-7)8-2-9(12)4-10(13)3-8/h2-4,7,11,14-15H,5-6H2,1H3/t7-,11-/m1/s1. The predicted molar refractivity (Wildman–Crippen MR) is 67.4 cm³/mol. The van der Waals surface area contributed by atoms with Crippen LogP contribution in [0.5, 0.6) is 0 Å². The Morgan fingerprint density at radius 1 is 1.27 bits per heavy atom. The molecule has 4 heteroatoms. The summed E-state index contributed by atoms with van der Waals surface area (Å²) in [6, 6.07) is 6.94. The average Bonchev–Trinajstić information content (AvgIpc) is 2.17. The molecule has 0 aliphatic carbocycles. The molecule has 15 heavy (non-hydrogen) atoms. The highest BCUT2D eigenvalue weighted by molar-refractivity contribution is 9.10. The van der Waals surface area contributed by atoms with Gasteiger partial charge in [0, 0.05) is 34.7 Å². The SMILES string of the molecule is C[C@@H]1CN[C@@H](c2cc(Cl)cc(Br)c2)CN1. The molecule has 1 aliphatic rings. The molecular weight excluding hydrogens is 275 g/mol. The number of halogens is 2. The largest absolute Gasteiger partial charge is 0.311 e. The van der Waals surface area contributed by atoms with Crippen LogP contribution in [-0.2, 0) is 0 Å². The Labute approximate surface area is 104 Å². The second-order valence-corrected chi connectivity index (χ2v) is 5.33. The van der Waals surface area contributed by atoms with Gasteiger partial charge < -0.3 is 10.6 Å². The molecule has 0 bridgehead atoms. The van der Waals surface area contributed by atoms with Gasteiger partial charge in [-0.15, -0.1) is 0 Å².